The Balaban J connectivity index is 2.55. The second kappa shape index (κ2) is 4.25. The first-order chi connectivity index (χ1) is 8.41. The number of imide groups is 1. The Kier molecular flexibility index (Phi) is 2.90. The van der Waals surface area contributed by atoms with Crippen molar-refractivity contribution in [2.45, 2.75) is 20.3 Å². The molecular formula is C13H13NO4. The van der Waals surface area contributed by atoms with Crippen molar-refractivity contribution in [2.75, 3.05) is 4.90 Å². The van der Waals surface area contributed by atoms with E-state index in [0.717, 1.165) is 10.5 Å². The summed E-state index contributed by atoms with van der Waals surface area (Å²) in [7, 11) is 0. The summed E-state index contributed by atoms with van der Waals surface area (Å²) in [6.45, 7) is 3.42. The largest absolute Gasteiger partial charge is 0.478 e. The van der Waals surface area contributed by atoms with E-state index in [4.69, 9.17) is 5.11 Å². The first-order valence-electron chi connectivity index (χ1n) is 5.62. The molecule has 0 spiro atoms. The molecular weight excluding hydrogens is 234 g/mol. The summed E-state index contributed by atoms with van der Waals surface area (Å²) in [6, 6.07) is 4.65. The van der Waals surface area contributed by atoms with Crippen molar-refractivity contribution in [3.8, 4) is 0 Å². The third-order valence-electron chi connectivity index (χ3n) is 3.00. The molecule has 0 radical (unpaired) electrons. The number of carbonyl (C=O) groups excluding carboxylic acids is 2. The molecule has 1 aromatic rings. The Morgan fingerprint density at radius 2 is 2.06 bits per heavy atom. The first-order valence-corrected chi connectivity index (χ1v) is 5.62. The molecule has 1 fully saturated rings. The highest BCUT2D eigenvalue weighted by Gasteiger charge is 2.38. The van der Waals surface area contributed by atoms with Gasteiger partial charge in [-0.1, -0.05) is 18.6 Å². The Labute approximate surface area is 104 Å². The van der Waals surface area contributed by atoms with Crippen LogP contribution in [0.15, 0.2) is 18.2 Å². The van der Waals surface area contributed by atoms with Gasteiger partial charge in [0.1, 0.15) is 0 Å². The van der Waals surface area contributed by atoms with E-state index in [0.29, 0.717) is 0 Å². The number of benzene rings is 1. The van der Waals surface area contributed by atoms with Crippen molar-refractivity contribution < 1.29 is 19.5 Å². The molecule has 2 rings (SSSR count). The summed E-state index contributed by atoms with van der Waals surface area (Å²) in [5.41, 5.74) is 0.904. The van der Waals surface area contributed by atoms with E-state index in [-0.39, 0.29) is 35.4 Å². The van der Waals surface area contributed by atoms with E-state index in [1.54, 1.807) is 19.9 Å². The zero-order valence-corrected chi connectivity index (χ0v) is 10.1. The smallest absolute Gasteiger partial charge is 0.337 e. The van der Waals surface area contributed by atoms with Crippen LogP contribution in [-0.4, -0.2) is 22.9 Å². The minimum absolute atomic E-state index is 0.0224. The third-order valence-corrected chi connectivity index (χ3v) is 3.00. The number of carboxylic acids is 1. The normalized spacial score (nSPS) is 19.4. The molecule has 1 unspecified atom stereocenters. The molecule has 1 saturated heterocycles. The van der Waals surface area contributed by atoms with Crippen molar-refractivity contribution in [2.24, 2.45) is 5.92 Å². The lowest BCUT2D eigenvalue weighted by molar-refractivity contribution is -0.122. The molecule has 1 aliphatic heterocycles. The van der Waals surface area contributed by atoms with Gasteiger partial charge in [-0.2, -0.15) is 0 Å². The molecule has 1 heterocycles. The highest BCUT2D eigenvalue weighted by atomic mass is 16.4. The van der Waals surface area contributed by atoms with Gasteiger partial charge < -0.3 is 5.11 Å². The van der Waals surface area contributed by atoms with Gasteiger partial charge in [0.05, 0.1) is 11.3 Å². The number of amides is 2. The van der Waals surface area contributed by atoms with Crippen LogP contribution in [0.5, 0.6) is 0 Å². The van der Waals surface area contributed by atoms with E-state index in [2.05, 4.69) is 0 Å². The van der Waals surface area contributed by atoms with Gasteiger partial charge in [-0.3, -0.25) is 9.59 Å². The molecule has 0 aromatic heterocycles. The lowest BCUT2D eigenvalue weighted by atomic mass is 10.1. The van der Waals surface area contributed by atoms with Gasteiger partial charge in [0.2, 0.25) is 11.8 Å². The number of carboxylic acid groups (broad SMARTS) is 1. The standard InChI is InChI=1S/C13H13NO4/c1-7-3-4-10(9(5-7)13(17)18)14-11(15)6-8(2)12(14)16/h3-5,8H,6H2,1-2H3,(H,17,18). The number of aryl methyl sites for hydroxylation is 1. The maximum atomic E-state index is 11.9. The van der Waals surface area contributed by atoms with Crippen molar-refractivity contribution >= 4 is 23.5 Å². The number of aromatic carboxylic acids is 1. The van der Waals surface area contributed by atoms with Crippen LogP contribution in [0.2, 0.25) is 0 Å². The van der Waals surface area contributed by atoms with Gasteiger partial charge in [-0.15, -0.1) is 0 Å². The minimum Gasteiger partial charge on any atom is -0.478 e. The minimum atomic E-state index is -1.14. The SMILES string of the molecule is Cc1ccc(N2C(=O)CC(C)C2=O)c(C(=O)O)c1. The molecule has 1 atom stereocenters. The average molecular weight is 247 g/mol. The highest BCUT2D eigenvalue weighted by Crippen LogP contribution is 2.29. The van der Waals surface area contributed by atoms with Crippen LogP contribution in [0, 0.1) is 12.8 Å². The molecule has 94 valence electrons. The van der Waals surface area contributed by atoms with E-state index in [1.807, 2.05) is 0 Å². The first kappa shape index (κ1) is 12.3. The van der Waals surface area contributed by atoms with Crippen LogP contribution in [0.25, 0.3) is 0 Å². The van der Waals surface area contributed by atoms with Crippen molar-refractivity contribution in [1.82, 2.24) is 0 Å². The number of nitrogens with zero attached hydrogens (tertiary/aromatic N) is 1. The number of rotatable bonds is 2. The van der Waals surface area contributed by atoms with E-state index in [9.17, 15) is 14.4 Å². The monoisotopic (exact) mass is 247 g/mol. The van der Waals surface area contributed by atoms with Gasteiger partial charge in [0.25, 0.3) is 0 Å². The molecule has 1 aromatic carbocycles. The van der Waals surface area contributed by atoms with Crippen LogP contribution in [0.3, 0.4) is 0 Å². The molecule has 5 heteroatoms. The van der Waals surface area contributed by atoms with Crippen LogP contribution >= 0.6 is 0 Å². The molecule has 1 aliphatic rings. The van der Waals surface area contributed by atoms with Crippen molar-refractivity contribution in [1.29, 1.82) is 0 Å². The second-order valence-corrected chi connectivity index (χ2v) is 4.50. The predicted octanol–water partition coefficient (Wildman–Crippen LogP) is 1.59. The fourth-order valence-electron chi connectivity index (χ4n) is 2.05. The molecule has 5 nitrogen and oxygen atoms in total. The van der Waals surface area contributed by atoms with E-state index < -0.39 is 5.97 Å². The Bertz CT molecular complexity index is 550. The lowest BCUT2D eigenvalue weighted by Crippen LogP contribution is -2.31. The van der Waals surface area contributed by atoms with Gasteiger partial charge in [-0.25, -0.2) is 9.69 Å². The Morgan fingerprint density at radius 3 is 2.56 bits per heavy atom. The summed E-state index contributed by atoms with van der Waals surface area (Å²) < 4.78 is 0. The quantitative estimate of drug-likeness (QED) is 0.805. The average Bonchev–Trinajstić information content (AvgIpc) is 2.54. The van der Waals surface area contributed by atoms with E-state index in [1.165, 1.54) is 12.1 Å². The third kappa shape index (κ3) is 1.88. The van der Waals surface area contributed by atoms with Gasteiger partial charge in [0, 0.05) is 12.3 Å². The maximum Gasteiger partial charge on any atom is 0.337 e. The number of hydrogen-bond donors (Lipinski definition) is 1. The van der Waals surface area contributed by atoms with E-state index >= 15 is 0 Å². The molecule has 0 saturated carbocycles. The summed E-state index contributed by atoms with van der Waals surface area (Å²) in [6.07, 6.45) is 0.131. The topological polar surface area (TPSA) is 74.7 Å². The van der Waals surface area contributed by atoms with Crippen molar-refractivity contribution in [3.05, 3.63) is 29.3 Å². The summed E-state index contributed by atoms with van der Waals surface area (Å²) in [5.74, 6) is -2.22. The van der Waals surface area contributed by atoms with Crippen LogP contribution in [-0.2, 0) is 9.59 Å². The molecule has 18 heavy (non-hydrogen) atoms. The lowest BCUT2D eigenvalue weighted by Gasteiger charge is -2.17. The number of anilines is 1. The van der Waals surface area contributed by atoms with Crippen LogP contribution < -0.4 is 4.90 Å². The van der Waals surface area contributed by atoms with Gasteiger partial charge in [-0.05, 0) is 19.1 Å². The second-order valence-electron chi connectivity index (χ2n) is 4.50. The molecule has 0 aliphatic carbocycles. The Morgan fingerprint density at radius 1 is 1.39 bits per heavy atom. The fourth-order valence-corrected chi connectivity index (χ4v) is 2.05. The summed E-state index contributed by atoms with van der Waals surface area (Å²) in [4.78, 5) is 35.8. The number of carbonyl (C=O) groups is 3. The zero-order valence-electron chi connectivity index (χ0n) is 10.1. The molecule has 1 N–H and O–H groups in total. The summed E-state index contributed by atoms with van der Waals surface area (Å²) in [5, 5.41) is 9.14. The number of hydrogen-bond acceptors (Lipinski definition) is 3. The fraction of sp³-hybridized carbons (Fsp3) is 0.308. The predicted molar refractivity (Wildman–Crippen MR) is 64.4 cm³/mol. The highest BCUT2D eigenvalue weighted by molar-refractivity contribution is 6.22. The summed E-state index contributed by atoms with van der Waals surface area (Å²) >= 11 is 0. The molecule has 0 bridgehead atoms. The van der Waals surface area contributed by atoms with Gasteiger partial charge in [0.15, 0.2) is 0 Å². The van der Waals surface area contributed by atoms with Crippen molar-refractivity contribution in [3.63, 3.8) is 0 Å². The van der Waals surface area contributed by atoms with Crippen LogP contribution in [0.4, 0.5) is 5.69 Å². The maximum absolute atomic E-state index is 11.9. The Hall–Kier alpha value is -2.17. The van der Waals surface area contributed by atoms with Crippen LogP contribution in [0.1, 0.15) is 29.3 Å². The van der Waals surface area contributed by atoms with Gasteiger partial charge >= 0.3 is 5.97 Å². The zero-order chi connectivity index (χ0) is 13.4. The molecule has 2 amide bonds.